The Bertz CT molecular complexity index is 803. The molecule has 28 heavy (non-hydrogen) atoms. The first-order chi connectivity index (χ1) is 13.4. The molecule has 2 aromatic carbocycles. The lowest BCUT2D eigenvalue weighted by molar-refractivity contribution is 0.171. The molecule has 0 fully saturated rings. The SMILES string of the molecule is Cc1ccc(OCCNC(=O)NCC(C)(C)c2ccc3c(c2)OCCO3)cc1. The molecule has 0 atom stereocenters. The number of fused-ring (bicyclic) bond motifs is 1. The van der Waals surface area contributed by atoms with Crippen LogP contribution in [0.4, 0.5) is 4.79 Å². The summed E-state index contributed by atoms with van der Waals surface area (Å²) >= 11 is 0. The van der Waals surface area contributed by atoms with Gasteiger partial charge in [0.2, 0.25) is 0 Å². The number of ether oxygens (including phenoxy) is 3. The molecule has 0 saturated heterocycles. The van der Waals surface area contributed by atoms with Gasteiger partial charge in [-0.05, 0) is 36.8 Å². The number of rotatable bonds is 7. The van der Waals surface area contributed by atoms with Gasteiger partial charge in [0.1, 0.15) is 25.6 Å². The Labute approximate surface area is 166 Å². The quantitative estimate of drug-likeness (QED) is 0.718. The van der Waals surface area contributed by atoms with Crippen LogP contribution in [-0.2, 0) is 5.41 Å². The highest BCUT2D eigenvalue weighted by Gasteiger charge is 2.24. The summed E-state index contributed by atoms with van der Waals surface area (Å²) in [5, 5.41) is 5.75. The number of aryl methyl sites for hydroxylation is 1. The molecular formula is C22H28N2O4. The molecule has 0 saturated carbocycles. The maximum absolute atomic E-state index is 12.1. The van der Waals surface area contributed by atoms with Gasteiger partial charge in [-0.3, -0.25) is 0 Å². The minimum absolute atomic E-state index is 0.210. The molecule has 2 amide bonds. The molecule has 1 aliphatic rings. The summed E-state index contributed by atoms with van der Waals surface area (Å²) in [6.45, 7) is 8.68. The van der Waals surface area contributed by atoms with Crippen molar-refractivity contribution in [2.45, 2.75) is 26.2 Å². The number of hydrogen-bond acceptors (Lipinski definition) is 4. The average molecular weight is 384 g/mol. The van der Waals surface area contributed by atoms with Gasteiger partial charge < -0.3 is 24.8 Å². The van der Waals surface area contributed by atoms with E-state index >= 15 is 0 Å². The first kappa shape index (κ1) is 19.9. The van der Waals surface area contributed by atoms with Crippen LogP contribution in [0, 0.1) is 6.92 Å². The fourth-order valence-electron chi connectivity index (χ4n) is 2.90. The second-order valence-electron chi connectivity index (χ2n) is 7.51. The Morgan fingerprint density at radius 2 is 1.75 bits per heavy atom. The van der Waals surface area contributed by atoms with E-state index in [1.54, 1.807) is 0 Å². The van der Waals surface area contributed by atoms with Gasteiger partial charge in [0.25, 0.3) is 0 Å². The minimum atomic E-state index is -0.244. The molecule has 2 N–H and O–H groups in total. The van der Waals surface area contributed by atoms with Crippen molar-refractivity contribution < 1.29 is 19.0 Å². The summed E-state index contributed by atoms with van der Waals surface area (Å²) in [5.74, 6) is 2.33. The molecule has 1 aliphatic heterocycles. The Morgan fingerprint density at radius 1 is 1.04 bits per heavy atom. The van der Waals surface area contributed by atoms with Gasteiger partial charge in [0.05, 0.1) is 6.54 Å². The molecule has 0 radical (unpaired) electrons. The highest BCUT2D eigenvalue weighted by Crippen LogP contribution is 2.34. The molecule has 0 aromatic heterocycles. The van der Waals surface area contributed by atoms with E-state index in [9.17, 15) is 4.79 Å². The smallest absolute Gasteiger partial charge is 0.314 e. The Balaban J connectivity index is 1.42. The van der Waals surface area contributed by atoms with E-state index in [2.05, 4.69) is 24.5 Å². The average Bonchev–Trinajstić information content (AvgIpc) is 2.70. The van der Waals surface area contributed by atoms with Crippen molar-refractivity contribution in [3.63, 3.8) is 0 Å². The van der Waals surface area contributed by atoms with E-state index in [1.807, 2.05) is 49.4 Å². The van der Waals surface area contributed by atoms with Crippen molar-refractivity contribution in [2.24, 2.45) is 0 Å². The molecule has 0 aliphatic carbocycles. The first-order valence-electron chi connectivity index (χ1n) is 9.55. The third-order valence-electron chi connectivity index (χ3n) is 4.69. The predicted octanol–water partition coefficient (Wildman–Crippen LogP) is 3.42. The molecule has 6 nitrogen and oxygen atoms in total. The zero-order chi connectivity index (χ0) is 20.0. The molecule has 3 rings (SSSR count). The van der Waals surface area contributed by atoms with Crippen LogP contribution in [0.5, 0.6) is 17.2 Å². The second-order valence-corrected chi connectivity index (χ2v) is 7.51. The monoisotopic (exact) mass is 384 g/mol. The van der Waals surface area contributed by atoms with Crippen molar-refractivity contribution in [1.82, 2.24) is 10.6 Å². The lowest BCUT2D eigenvalue weighted by Gasteiger charge is -2.27. The molecule has 150 valence electrons. The maximum Gasteiger partial charge on any atom is 0.314 e. The molecule has 0 bridgehead atoms. The Kier molecular flexibility index (Phi) is 6.29. The molecule has 6 heteroatoms. The number of carbonyl (C=O) groups excluding carboxylic acids is 1. The lowest BCUT2D eigenvalue weighted by atomic mass is 9.84. The van der Waals surface area contributed by atoms with Crippen LogP contribution in [-0.4, -0.2) is 38.9 Å². The fraction of sp³-hybridized carbons (Fsp3) is 0.409. The number of nitrogens with one attached hydrogen (secondary N) is 2. The van der Waals surface area contributed by atoms with Gasteiger partial charge in [-0.1, -0.05) is 37.6 Å². The van der Waals surface area contributed by atoms with Crippen molar-refractivity contribution >= 4 is 6.03 Å². The summed E-state index contributed by atoms with van der Waals surface area (Å²) in [4.78, 5) is 12.1. The van der Waals surface area contributed by atoms with E-state index in [4.69, 9.17) is 14.2 Å². The van der Waals surface area contributed by atoms with Crippen LogP contribution in [0.1, 0.15) is 25.0 Å². The molecule has 0 unspecified atom stereocenters. The van der Waals surface area contributed by atoms with E-state index in [-0.39, 0.29) is 11.4 Å². The van der Waals surface area contributed by atoms with E-state index in [1.165, 1.54) is 5.56 Å². The van der Waals surface area contributed by atoms with E-state index in [0.717, 1.165) is 22.8 Å². The Morgan fingerprint density at radius 3 is 2.50 bits per heavy atom. The van der Waals surface area contributed by atoms with E-state index in [0.29, 0.717) is 32.9 Å². The van der Waals surface area contributed by atoms with Crippen LogP contribution < -0.4 is 24.8 Å². The van der Waals surface area contributed by atoms with Gasteiger partial charge in [-0.15, -0.1) is 0 Å². The summed E-state index contributed by atoms with van der Waals surface area (Å²) < 4.78 is 16.8. The number of urea groups is 1. The lowest BCUT2D eigenvalue weighted by Crippen LogP contribution is -2.43. The largest absolute Gasteiger partial charge is 0.492 e. The minimum Gasteiger partial charge on any atom is -0.492 e. The molecular weight excluding hydrogens is 356 g/mol. The zero-order valence-corrected chi connectivity index (χ0v) is 16.7. The van der Waals surface area contributed by atoms with Gasteiger partial charge in [0.15, 0.2) is 11.5 Å². The molecule has 0 spiro atoms. The first-order valence-corrected chi connectivity index (χ1v) is 9.55. The van der Waals surface area contributed by atoms with Crippen LogP contribution in [0.2, 0.25) is 0 Å². The molecule has 1 heterocycles. The van der Waals surface area contributed by atoms with Crippen LogP contribution in [0.3, 0.4) is 0 Å². The summed E-state index contributed by atoms with van der Waals surface area (Å²) in [6, 6.07) is 13.6. The van der Waals surface area contributed by atoms with Crippen molar-refractivity contribution in [1.29, 1.82) is 0 Å². The van der Waals surface area contributed by atoms with Gasteiger partial charge in [0, 0.05) is 12.0 Å². The standard InChI is InChI=1S/C22H28N2O4/c1-16-4-7-18(8-5-16)26-11-10-23-21(25)24-15-22(2,3)17-6-9-19-20(14-17)28-13-12-27-19/h4-9,14H,10-13,15H2,1-3H3,(H2,23,24,25). The van der Waals surface area contributed by atoms with Crippen molar-refractivity contribution in [2.75, 3.05) is 32.9 Å². The van der Waals surface area contributed by atoms with Crippen LogP contribution in [0.15, 0.2) is 42.5 Å². The summed E-state index contributed by atoms with van der Waals surface area (Å²) in [5.41, 5.74) is 2.02. The number of benzene rings is 2. The summed E-state index contributed by atoms with van der Waals surface area (Å²) in [6.07, 6.45) is 0. The third-order valence-corrected chi connectivity index (χ3v) is 4.69. The van der Waals surface area contributed by atoms with Crippen molar-refractivity contribution in [3.05, 3.63) is 53.6 Å². The fourth-order valence-corrected chi connectivity index (χ4v) is 2.90. The molecule has 2 aromatic rings. The predicted molar refractivity (Wildman–Crippen MR) is 109 cm³/mol. The third kappa shape index (κ3) is 5.31. The highest BCUT2D eigenvalue weighted by atomic mass is 16.6. The number of carbonyl (C=O) groups is 1. The highest BCUT2D eigenvalue weighted by molar-refractivity contribution is 5.74. The van der Waals surface area contributed by atoms with Gasteiger partial charge in [-0.2, -0.15) is 0 Å². The van der Waals surface area contributed by atoms with Crippen LogP contribution in [0.25, 0.3) is 0 Å². The number of amides is 2. The van der Waals surface area contributed by atoms with Gasteiger partial charge in [-0.25, -0.2) is 4.79 Å². The summed E-state index contributed by atoms with van der Waals surface area (Å²) in [7, 11) is 0. The Hall–Kier alpha value is -2.89. The number of hydrogen-bond donors (Lipinski definition) is 2. The second kappa shape index (κ2) is 8.87. The topological polar surface area (TPSA) is 68.8 Å². The van der Waals surface area contributed by atoms with Crippen LogP contribution >= 0.6 is 0 Å². The normalized spacial score (nSPS) is 13.0. The van der Waals surface area contributed by atoms with Crippen molar-refractivity contribution in [3.8, 4) is 17.2 Å². The maximum atomic E-state index is 12.1. The van der Waals surface area contributed by atoms with E-state index < -0.39 is 0 Å². The zero-order valence-electron chi connectivity index (χ0n) is 16.7. The van der Waals surface area contributed by atoms with Gasteiger partial charge >= 0.3 is 6.03 Å².